The lowest BCUT2D eigenvalue weighted by atomic mass is 9.98. The highest BCUT2D eigenvalue weighted by Gasteiger charge is 2.29. The first kappa shape index (κ1) is 34.2. The molecule has 2 aliphatic heterocycles. The molecule has 2 aromatic carbocycles. The molecule has 50 heavy (non-hydrogen) atoms. The SMILES string of the molecule is COc1cc(N2CCC(N3CCN(C)CC3)CC2)c(-c2cnn(C)c2)cc1Nc1ncc(Cl)c(Nc2ccc3nccnc3c2P(C)(C)=O)n1. The van der Waals surface area contributed by atoms with Crippen molar-refractivity contribution in [3.8, 4) is 16.9 Å². The van der Waals surface area contributed by atoms with Gasteiger partial charge in [0.1, 0.15) is 23.4 Å². The van der Waals surface area contributed by atoms with Crippen LogP contribution < -0.4 is 25.6 Å². The average Bonchev–Trinajstić information content (AvgIpc) is 3.55. The molecular weight excluding hydrogens is 673 g/mol. The van der Waals surface area contributed by atoms with Crippen LogP contribution in [0.2, 0.25) is 5.02 Å². The van der Waals surface area contributed by atoms with Crippen molar-refractivity contribution >= 4 is 63.9 Å². The zero-order valence-electron chi connectivity index (χ0n) is 29.1. The zero-order chi connectivity index (χ0) is 35.0. The molecule has 13 nitrogen and oxygen atoms in total. The summed E-state index contributed by atoms with van der Waals surface area (Å²) >= 11 is 6.62. The molecule has 3 aromatic heterocycles. The number of piperidine rings is 1. The second-order valence-electron chi connectivity index (χ2n) is 13.4. The van der Waals surface area contributed by atoms with Crippen molar-refractivity contribution in [3.63, 3.8) is 0 Å². The van der Waals surface area contributed by atoms with Gasteiger partial charge < -0.3 is 29.7 Å². The Morgan fingerprint density at radius 3 is 2.38 bits per heavy atom. The van der Waals surface area contributed by atoms with E-state index in [-0.39, 0.29) is 0 Å². The first-order valence-corrected chi connectivity index (χ1v) is 19.8. The van der Waals surface area contributed by atoms with Gasteiger partial charge in [0.2, 0.25) is 5.95 Å². The van der Waals surface area contributed by atoms with Crippen molar-refractivity contribution in [2.75, 3.05) is 82.3 Å². The van der Waals surface area contributed by atoms with Crippen LogP contribution in [0.5, 0.6) is 5.75 Å². The normalized spacial score (nSPS) is 16.6. The maximum Gasteiger partial charge on any atom is 0.229 e. The van der Waals surface area contributed by atoms with E-state index in [1.54, 1.807) is 32.8 Å². The lowest BCUT2D eigenvalue weighted by Crippen LogP contribution is -2.52. The summed E-state index contributed by atoms with van der Waals surface area (Å²) < 4.78 is 21.2. The molecule has 5 aromatic rings. The lowest BCUT2D eigenvalue weighted by molar-refractivity contribution is 0.0982. The van der Waals surface area contributed by atoms with Crippen molar-refractivity contribution in [2.24, 2.45) is 7.05 Å². The summed E-state index contributed by atoms with van der Waals surface area (Å²) in [5.74, 6) is 1.33. The molecule has 0 amide bonds. The number of aryl methyl sites for hydroxylation is 1. The summed E-state index contributed by atoms with van der Waals surface area (Å²) in [5, 5.41) is 12.0. The molecule has 15 heteroatoms. The number of methoxy groups -OCH3 is 1. The standard InChI is InChI=1S/C35H43ClN11O2P/c1-44-14-16-46(17-15-44)24-8-12-47(13-9-24)30-19-31(49-3)29(18-25(30)23-20-40-45(2)22-23)42-35-39-21-26(36)34(43-35)41-28-7-6-27-32(38-11-10-37-27)33(28)50(4,5)48/h6-7,10-11,18-22,24H,8-9,12-17H2,1-5H3,(H2,39,41,42,43). The molecule has 0 saturated carbocycles. The third-order valence-electron chi connectivity index (χ3n) is 9.59. The fourth-order valence-corrected chi connectivity index (χ4v) is 8.51. The number of nitrogens with zero attached hydrogens (tertiary/aromatic N) is 9. The van der Waals surface area contributed by atoms with E-state index in [1.807, 2.05) is 36.3 Å². The Balaban J connectivity index is 1.18. The molecule has 2 fully saturated rings. The number of anilines is 5. The van der Waals surface area contributed by atoms with Gasteiger partial charge in [0, 0.05) is 93.8 Å². The van der Waals surface area contributed by atoms with Gasteiger partial charge in [-0.1, -0.05) is 11.6 Å². The molecule has 0 radical (unpaired) electrons. The molecule has 7 rings (SSSR count). The number of hydrogen-bond acceptors (Lipinski definition) is 12. The van der Waals surface area contributed by atoms with Gasteiger partial charge in [-0.05, 0) is 51.4 Å². The summed E-state index contributed by atoms with van der Waals surface area (Å²) in [6, 6.07) is 8.44. The zero-order valence-corrected chi connectivity index (χ0v) is 30.7. The first-order valence-electron chi connectivity index (χ1n) is 16.8. The van der Waals surface area contributed by atoms with Crippen LogP contribution in [0.4, 0.5) is 28.8 Å². The number of aromatic nitrogens is 6. The number of likely N-dealkylation sites (N-methyl/N-ethyl adjacent to an activating group) is 1. The van der Waals surface area contributed by atoms with E-state index in [1.165, 1.54) is 6.20 Å². The average molecular weight is 716 g/mol. The quantitative estimate of drug-likeness (QED) is 0.189. The molecule has 2 saturated heterocycles. The van der Waals surface area contributed by atoms with Crippen molar-refractivity contribution in [1.29, 1.82) is 0 Å². The summed E-state index contributed by atoms with van der Waals surface area (Å²) in [7, 11) is 3.00. The minimum Gasteiger partial charge on any atom is -0.494 e. The van der Waals surface area contributed by atoms with Gasteiger partial charge in [0.15, 0.2) is 5.82 Å². The summed E-state index contributed by atoms with van der Waals surface area (Å²) in [4.78, 5) is 25.6. The predicted molar refractivity (Wildman–Crippen MR) is 202 cm³/mol. The molecule has 0 atom stereocenters. The Morgan fingerprint density at radius 1 is 0.920 bits per heavy atom. The van der Waals surface area contributed by atoms with Crippen molar-refractivity contribution in [3.05, 3.63) is 60.3 Å². The largest absolute Gasteiger partial charge is 0.494 e. The highest BCUT2D eigenvalue weighted by atomic mass is 35.5. The van der Waals surface area contributed by atoms with Gasteiger partial charge in [-0.2, -0.15) is 10.1 Å². The third kappa shape index (κ3) is 7.14. The number of benzene rings is 2. The van der Waals surface area contributed by atoms with Gasteiger partial charge in [-0.15, -0.1) is 0 Å². The van der Waals surface area contributed by atoms with Gasteiger partial charge in [-0.25, -0.2) is 4.98 Å². The van der Waals surface area contributed by atoms with E-state index in [4.69, 9.17) is 21.3 Å². The van der Waals surface area contributed by atoms with E-state index < -0.39 is 7.14 Å². The molecule has 2 N–H and O–H groups in total. The fraction of sp³-hybridized carbons (Fsp3) is 0.400. The molecule has 262 valence electrons. The summed E-state index contributed by atoms with van der Waals surface area (Å²) in [6.07, 6.45) is 10.9. The number of halogens is 1. The second kappa shape index (κ2) is 14.1. The first-order chi connectivity index (χ1) is 24.1. The minimum atomic E-state index is -2.79. The lowest BCUT2D eigenvalue weighted by Gasteiger charge is -2.43. The smallest absolute Gasteiger partial charge is 0.229 e. The van der Waals surface area contributed by atoms with Crippen LogP contribution in [0.25, 0.3) is 22.2 Å². The van der Waals surface area contributed by atoms with Crippen molar-refractivity contribution in [1.82, 2.24) is 39.5 Å². The van der Waals surface area contributed by atoms with Gasteiger partial charge in [0.25, 0.3) is 0 Å². The monoisotopic (exact) mass is 715 g/mol. The molecule has 0 unspecified atom stereocenters. The highest BCUT2D eigenvalue weighted by molar-refractivity contribution is 7.71. The van der Waals surface area contributed by atoms with Crippen LogP contribution >= 0.6 is 18.7 Å². The molecule has 2 aliphatic rings. The van der Waals surface area contributed by atoms with E-state index in [0.29, 0.717) is 56.3 Å². The Labute approximate surface area is 297 Å². The third-order valence-corrected chi connectivity index (χ3v) is 11.4. The van der Waals surface area contributed by atoms with Crippen LogP contribution in [-0.4, -0.2) is 112 Å². The maximum atomic E-state index is 13.5. The summed E-state index contributed by atoms with van der Waals surface area (Å²) in [5.41, 5.74) is 5.67. The summed E-state index contributed by atoms with van der Waals surface area (Å²) in [6.45, 7) is 9.87. The highest BCUT2D eigenvalue weighted by Crippen LogP contribution is 2.43. The Kier molecular flexibility index (Phi) is 9.67. The number of piperazine rings is 1. The van der Waals surface area contributed by atoms with E-state index in [2.05, 4.69) is 64.6 Å². The molecule has 0 bridgehead atoms. The number of ether oxygens (including phenoxy) is 1. The Morgan fingerprint density at radius 2 is 1.68 bits per heavy atom. The number of rotatable bonds is 9. The van der Waals surface area contributed by atoms with Crippen LogP contribution in [0.15, 0.2) is 55.2 Å². The van der Waals surface area contributed by atoms with E-state index >= 15 is 0 Å². The van der Waals surface area contributed by atoms with Gasteiger partial charge >= 0.3 is 0 Å². The Hall–Kier alpha value is -4.29. The van der Waals surface area contributed by atoms with Crippen LogP contribution in [0.3, 0.4) is 0 Å². The number of hydrogen-bond donors (Lipinski definition) is 2. The molecular formula is C35H43ClN11O2P. The minimum absolute atomic E-state index is 0.307. The van der Waals surface area contributed by atoms with Gasteiger partial charge in [0.05, 0.1) is 41.7 Å². The van der Waals surface area contributed by atoms with E-state index in [9.17, 15) is 4.57 Å². The fourth-order valence-electron chi connectivity index (χ4n) is 6.98. The molecule has 0 spiro atoms. The molecule has 5 heterocycles. The Bertz CT molecular complexity index is 2050. The topological polar surface area (TPSA) is 129 Å². The van der Waals surface area contributed by atoms with Crippen LogP contribution in [-0.2, 0) is 11.6 Å². The predicted octanol–water partition coefficient (Wildman–Crippen LogP) is 5.43. The van der Waals surface area contributed by atoms with E-state index in [0.717, 1.165) is 68.9 Å². The second-order valence-corrected chi connectivity index (χ2v) is 17.0. The maximum absolute atomic E-state index is 13.5. The van der Waals surface area contributed by atoms with Gasteiger partial charge in [-0.3, -0.25) is 19.5 Å². The van der Waals surface area contributed by atoms with Crippen molar-refractivity contribution < 1.29 is 9.30 Å². The van der Waals surface area contributed by atoms with Crippen LogP contribution in [0, 0.1) is 0 Å². The number of fused-ring (bicyclic) bond motifs is 1. The van der Waals surface area contributed by atoms with Crippen LogP contribution in [0.1, 0.15) is 12.8 Å². The van der Waals surface area contributed by atoms with Crippen molar-refractivity contribution in [2.45, 2.75) is 18.9 Å². The number of nitrogens with one attached hydrogen (secondary N) is 2. The molecule has 0 aliphatic carbocycles.